The van der Waals surface area contributed by atoms with Gasteiger partial charge in [0.25, 0.3) is 0 Å². The Labute approximate surface area is 161 Å². The van der Waals surface area contributed by atoms with Gasteiger partial charge in [0.15, 0.2) is 5.60 Å². The van der Waals surface area contributed by atoms with Gasteiger partial charge < -0.3 is 19.2 Å². The van der Waals surface area contributed by atoms with Gasteiger partial charge in [-0.2, -0.15) is 0 Å². The molecule has 0 amide bonds. The Hall–Kier alpha value is -3.54. The number of hydrogen-bond acceptors (Lipinski definition) is 6. The van der Waals surface area contributed by atoms with Crippen LogP contribution in [0.25, 0.3) is 16.5 Å². The number of nitrogens with one attached hydrogen (secondary N) is 1. The molecule has 3 aromatic rings. The van der Waals surface area contributed by atoms with Gasteiger partial charge in [-0.1, -0.05) is 0 Å². The zero-order valence-electron chi connectivity index (χ0n) is 15.7. The average Bonchev–Trinajstić information content (AvgIpc) is 2.67. The molecule has 0 radical (unpaired) electrons. The van der Waals surface area contributed by atoms with Crippen molar-refractivity contribution in [2.75, 3.05) is 12.4 Å². The second-order valence-corrected chi connectivity index (χ2v) is 7.01. The number of fused-ring (bicyclic) bond motifs is 2. The van der Waals surface area contributed by atoms with Crippen molar-refractivity contribution < 1.29 is 18.7 Å². The first-order valence-corrected chi connectivity index (χ1v) is 8.80. The van der Waals surface area contributed by atoms with Gasteiger partial charge in [0.05, 0.1) is 7.11 Å². The van der Waals surface area contributed by atoms with E-state index in [4.69, 9.17) is 13.9 Å². The van der Waals surface area contributed by atoms with Crippen molar-refractivity contribution in [3.05, 3.63) is 70.7 Å². The molecule has 0 fully saturated rings. The van der Waals surface area contributed by atoms with Gasteiger partial charge in [-0.05, 0) is 56.3 Å². The number of rotatable bonds is 3. The molecule has 1 N–H and O–H groups in total. The quantitative estimate of drug-likeness (QED) is 0.549. The molecule has 0 aliphatic carbocycles. The van der Waals surface area contributed by atoms with Crippen LogP contribution in [0, 0.1) is 0 Å². The predicted molar refractivity (Wildman–Crippen MR) is 107 cm³/mol. The van der Waals surface area contributed by atoms with Gasteiger partial charge in [-0.15, -0.1) is 0 Å². The van der Waals surface area contributed by atoms with Crippen LogP contribution in [0.5, 0.6) is 11.5 Å². The fourth-order valence-electron chi connectivity index (χ4n) is 3.14. The van der Waals surface area contributed by atoms with Crippen LogP contribution in [-0.4, -0.2) is 18.5 Å². The highest BCUT2D eigenvalue weighted by molar-refractivity contribution is 6.26. The van der Waals surface area contributed by atoms with Crippen molar-refractivity contribution in [1.82, 2.24) is 0 Å². The normalized spacial score (nSPS) is 16.5. The van der Waals surface area contributed by atoms with E-state index in [2.05, 4.69) is 5.32 Å². The first-order chi connectivity index (χ1) is 13.4. The number of carbonyl (C=O) groups is 1. The summed E-state index contributed by atoms with van der Waals surface area (Å²) in [7, 11) is 1.60. The number of anilines is 1. The summed E-state index contributed by atoms with van der Waals surface area (Å²) >= 11 is 0. The Balaban J connectivity index is 1.80. The zero-order valence-corrected chi connectivity index (χ0v) is 15.7. The molecule has 1 aliphatic heterocycles. The summed E-state index contributed by atoms with van der Waals surface area (Å²) in [5.41, 5.74) is 0.779. The van der Waals surface area contributed by atoms with Crippen LogP contribution < -0.4 is 20.4 Å². The van der Waals surface area contributed by atoms with E-state index in [1.807, 2.05) is 24.3 Å². The summed E-state index contributed by atoms with van der Waals surface area (Å²) in [6.07, 6.45) is 1.65. The highest BCUT2D eigenvalue weighted by Gasteiger charge is 2.39. The Morgan fingerprint density at radius 1 is 1.04 bits per heavy atom. The Morgan fingerprint density at radius 3 is 2.50 bits per heavy atom. The lowest BCUT2D eigenvalue weighted by molar-refractivity contribution is -0.126. The van der Waals surface area contributed by atoms with Crippen molar-refractivity contribution in [3.8, 4) is 11.5 Å². The number of ketones is 1. The lowest BCUT2D eigenvalue weighted by atomic mass is 9.88. The van der Waals surface area contributed by atoms with E-state index in [9.17, 15) is 9.59 Å². The molecular weight excluding hydrogens is 358 g/mol. The molecule has 1 aliphatic rings. The monoisotopic (exact) mass is 377 g/mol. The summed E-state index contributed by atoms with van der Waals surface area (Å²) in [5.74, 6) is 1.14. The second kappa shape index (κ2) is 6.56. The van der Waals surface area contributed by atoms with Gasteiger partial charge in [0, 0.05) is 34.5 Å². The third-order valence-electron chi connectivity index (χ3n) is 4.64. The molecule has 0 saturated carbocycles. The first-order valence-electron chi connectivity index (χ1n) is 8.80. The van der Waals surface area contributed by atoms with E-state index in [0.717, 1.165) is 16.8 Å². The zero-order chi connectivity index (χ0) is 19.9. The van der Waals surface area contributed by atoms with Crippen molar-refractivity contribution in [3.63, 3.8) is 0 Å². The van der Waals surface area contributed by atoms with Gasteiger partial charge in [0.2, 0.25) is 5.78 Å². The molecule has 142 valence electrons. The first kappa shape index (κ1) is 17.9. The average molecular weight is 377 g/mol. The molecular formula is C22H19NO5. The van der Waals surface area contributed by atoms with Crippen molar-refractivity contribution >= 4 is 28.0 Å². The number of Topliss-reactive ketones (excluding diaryl/α,β-unsaturated/α-hetero) is 1. The maximum Gasteiger partial charge on any atom is 0.336 e. The number of carbonyl (C=O) groups excluding carboxylic acids is 1. The van der Waals surface area contributed by atoms with Crippen LogP contribution in [0.15, 0.2) is 63.9 Å². The van der Waals surface area contributed by atoms with E-state index >= 15 is 0 Å². The summed E-state index contributed by atoms with van der Waals surface area (Å²) in [6, 6.07) is 13.8. The lowest BCUT2D eigenvalue weighted by Crippen LogP contribution is -2.42. The standard InChI is InChI=1S/C22H19NO5/c1-22(2)21(25)17(12-23-14-5-7-15(26-3)8-6-14)16-11-18-13(10-19(16)28-22)4-9-20(24)27-18/h4-12,23H,1-3H3/b17-12-. The third-order valence-corrected chi connectivity index (χ3v) is 4.64. The minimum atomic E-state index is -1.01. The van der Waals surface area contributed by atoms with E-state index < -0.39 is 11.2 Å². The smallest absolute Gasteiger partial charge is 0.336 e. The molecule has 0 atom stereocenters. The second-order valence-electron chi connectivity index (χ2n) is 7.01. The lowest BCUT2D eigenvalue weighted by Gasteiger charge is -2.32. The summed E-state index contributed by atoms with van der Waals surface area (Å²) < 4.78 is 16.4. The molecule has 2 aromatic carbocycles. The summed E-state index contributed by atoms with van der Waals surface area (Å²) in [5, 5.41) is 3.88. The van der Waals surface area contributed by atoms with Crippen LogP contribution in [0.2, 0.25) is 0 Å². The number of hydrogen-bond donors (Lipinski definition) is 1. The Morgan fingerprint density at radius 2 is 1.79 bits per heavy atom. The fraction of sp³-hybridized carbons (Fsp3) is 0.182. The summed E-state index contributed by atoms with van der Waals surface area (Å²) in [6.45, 7) is 3.46. The van der Waals surface area contributed by atoms with Crippen molar-refractivity contribution in [2.24, 2.45) is 0 Å². The van der Waals surface area contributed by atoms with Crippen LogP contribution in [0.1, 0.15) is 19.4 Å². The van der Waals surface area contributed by atoms with Crippen LogP contribution in [0.4, 0.5) is 5.69 Å². The Bertz CT molecular complexity index is 1160. The highest BCUT2D eigenvalue weighted by Crippen LogP contribution is 2.40. The molecule has 0 saturated heterocycles. The number of methoxy groups -OCH3 is 1. The topological polar surface area (TPSA) is 77.8 Å². The maximum atomic E-state index is 13.0. The molecule has 2 heterocycles. The molecule has 0 unspecified atom stereocenters. The molecule has 28 heavy (non-hydrogen) atoms. The SMILES string of the molecule is COc1ccc(N/C=C2\C(=O)C(C)(C)Oc3cc4ccc(=O)oc4cc32)cc1. The van der Waals surface area contributed by atoms with E-state index in [0.29, 0.717) is 22.5 Å². The van der Waals surface area contributed by atoms with E-state index in [1.54, 1.807) is 45.4 Å². The van der Waals surface area contributed by atoms with Gasteiger partial charge >= 0.3 is 5.63 Å². The van der Waals surface area contributed by atoms with Crippen molar-refractivity contribution in [2.45, 2.75) is 19.4 Å². The number of benzene rings is 2. The third kappa shape index (κ3) is 3.13. The van der Waals surface area contributed by atoms with Crippen LogP contribution in [0.3, 0.4) is 0 Å². The maximum absolute atomic E-state index is 13.0. The fourth-order valence-corrected chi connectivity index (χ4v) is 3.14. The van der Waals surface area contributed by atoms with Crippen molar-refractivity contribution in [1.29, 1.82) is 0 Å². The molecule has 0 bridgehead atoms. The van der Waals surface area contributed by atoms with Crippen LogP contribution in [-0.2, 0) is 4.79 Å². The van der Waals surface area contributed by atoms with Gasteiger partial charge in [-0.3, -0.25) is 4.79 Å². The Kier molecular flexibility index (Phi) is 4.19. The minimum absolute atomic E-state index is 0.168. The highest BCUT2D eigenvalue weighted by atomic mass is 16.5. The van der Waals surface area contributed by atoms with Crippen LogP contribution >= 0.6 is 0 Å². The molecule has 6 heteroatoms. The summed E-state index contributed by atoms with van der Waals surface area (Å²) in [4.78, 5) is 24.6. The minimum Gasteiger partial charge on any atom is -0.497 e. The number of ether oxygens (including phenoxy) is 2. The largest absolute Gasteiger partial charge is 0.497 e. The molecule has 4 rings (SSSR count). The predicted octanol–water partition coefficient (Wildman–Crippen LogP) is 3.99. The van der Waals surface area contributed by atoms with Gasteiger partial charge in [-0.25, -0.2) is 4.79 Å². The van der Waals surface area contributed by atoms with E-state index in [-0.39, 0.29) is 5.78 Å². The van der Waals surface area contributed by atoms with E-state index in [1.165, 1.54) is 6.07 Å². The molecule has 0 spiro atoms. The molecule has 6 nitrogen and oxygen atoms in total. The van der Waals surface area contributed by atoms with Gasteiger partial charge in [0.1, 0.15) is 17.1 Å². The molecule has 1 aromatic heterocycles.